The first-order valence-electron chi connectivity index (χ1n) is 9.86. The Hall–Kier alpha value is -0.554. The molecule has 0 bridgehead atoms. The zero-order valence-corrected chi connectivity index (χ0v) is 17.6. The Morgan fingerprint density at radius 2 is 0.920 bits per heavy atom. The van der Waals surface area contributed by atoms with Gasteiger partial charge in [-0.25, -0.2) is 0 Å². The molecule has 0 amide bonds. The molecule has 4 nitrogen and oxygen atoms in total. The molecule has 0 aromatic heterocycles. The van der Waals surface area contributed by atoms with E-state index in [0.29, 0.717) is 0 Å². The number of hydrogen-bond acceptors (Lipinski definition) is 4. The van der Waals surface area contributed by atoms with Crippen molar-refractivity contribution in [1.29, 1.82) is 0 Å². The van der Waals surface area contributed by atoms with Crippen LogP contribution in [-0.2, 0) is 26.4 Å². The van der Waals surface area contributed by atoms with Crippen LogP contribution in [0.2, 0.25) is 0 Å². The third-order valence-corrected chi connectivity index (χ3v) is 4.25. The Kier molecular flexibility index (Phi) is 25.1. The van der Waals surface area contributed by atoms with Crippen LogP contribution in [0, 0.1) is 11.8 Å². The van der Waals surface area contributed by atoms with E-state index in [4.69, 9.17) is 0 Å². The molecule has 0 saturated heterocycles. The first-order chi connectivity index (χ1) is 11.4. The number of carboxylic acid groups (broad SMARTS) is 2. The Morgan fingerprint density at radius 3 is 1.12 bits per heavy atom. The van der Waals surface area contributed by atoms with Crippen LogP contribution in [0.3, 0.4) is 0 Å². The second-order valence-electron chi connectivity index (χ2n) is 6.60. The Labute approximate surface area is 165 Å². The summed E-state index contributed by atoms with van der Waals surface area (Å²) >= 11 is 0. The molecule has 2 atom stereocenters. The zero-order chi connectivity index (χ0) is 18.8. The Bertz CT molecular complexity index is 278. The largest absolute Gasteiger partial charge is 2.00 e. The van der Waals surface area contributed by atoms with Gasteiger partial charge in [-0.3, -0.25) is 0 Å². The predicted octanol–water partition coefficient (Wildman–Crippen LogP) is 3.46. The van der Waals surface area contributed by atoms with Crippen molar-refractivity contribution in [3.05, 3.63) is 0 Å². The maximum atomic E-state index is 10.6. The first kappa shape index (κ1) is 29.2. The van der Waals surface area contributed by atoms with Gasteiger partial charge in [0.05, 0.1) is 0 Å². The van der Waals surface area contributed by atoms with Gasteiger partial charge < -0.3 is 19.8 Å². The van der Waals surface area contributed by atoms with Gasteiger partial charge in [-0.2, -0.15) is 0 Å². The zero-order valence-electron chi connectivity index (χ0n) is 16.6. The van der Waals surface area contributed by atoms with Crippen molar-refractivity contribution in [2.24, 2.45) is 11.8 Å². The molecule has 0 aromatic rings. The third kappa shape index (κ3) is 19.6. The molecule has 1 radical (unpaired) electrons. The summed E-state index contributed by atoms with van der Waals surface area (Å²) in [5, 5.41) is 21.1. The van der Waals surface area contributed by atoms with Crippen LogP contribution in [0.15, 0.2) is 0 Å². The van der Waals surface area contributed by atoms with Gasteiger partial charge in [-0.15, -0.1) is 0 Å². The number of carboxylic acids is 2. The molecule has 151 valence electrons. The van der Waals surface area contributed by atoms with Crippen molar-refractivity contribution in [3.63, 3.8) is 0 Å². The van der Waals surface area contributed by atoms with Crippen molar-refractivity contribution >= 4 is 11.9 Å². The summed E-state index contributed by atoms with van der Waals surface area (Å²) in [6.07, 6.45) is 11.6. The fourth-order valence-corrected chi connectivity index (χ4v) is 2.74. The van der Waals surface area contributed by atoms with Gasteiger partial charge in [-0.05, 0) is 37.5 Å². The van der Waals surface area contributed by atoms with E-state index in [0.717, 1.165) is 77.0 Å². The summed E-state index contributed by atoms with van der Waals surface area (Å²) in [5.41, 5.74) is 0. The molecule has 25 heavy (non-hydrogen) atoms. The smallest absolute Gasteiger partial charge is 0.550 e. The standard InChI is InChI=1S/2C10H20O2.Co/c2*1-3-5-6-8-9(7-4-2)10(11)12;/h2*9H,3-8H2,1-2H3,(H,11,12);/q;;+2/p-2. The quantitative estimate of drug-likeness (QED) is 0.418. The first-order valence-corrected chi connectivity index (χ1v) is 9.86. The van der Waals surface area contributed by atoms with Gasteiger partial charge in [0, 0.05) is 11.9 Å². The van der Waals surface area contributed by atoms with Crippen molar-refractivity contribution in [2.75, 3.05) is 0 Å². The minimum atomic E-state index is -0.868. The summed E-state index contributed by atoms with van der Waals surface area (Å²) in [6, 6.07) is 0. The third-order valence-electron chi connectivity index (χ3n) is 4.25. The predicted molar refractivity (Wildman–Crippen MR) is 95.1 cm³/mol. The molecule has 0 spiro atoms. The van der Waals surface area contributed by atoms with E-state index >= 15 is 0 Å². The molecule has 0 aliphatic heterocycles. The van der Waals surface area contributed by atoms with Gasteiger partial charge in [0.25, 0.3) is 0 Å². The van der Waals surface area contributed by atoms with Gasteiger partial charge in [0.15, 0.2) is 0 Å². The van der Waals surface area contributed by atoms with Crippen molar-refractivity contribution < 1.29 is 36.6 Å². The van der Waals surface area contributed by atoms with E-state index in [2.05, 4.69) is 13.8 Å². The average molecular weight is 401 g/mol. The van der Waals surface area contributed by atoms with Crippen LogP contribution >= 0.6 is 0 Å². The molecule has 0 aliphatic rings. The van der Waals surface area contributed by atoms with Crippen LogP contribution < -0.4 is 10.2 Å². The van der Waals surface area contributed by atoms with Crippen LogP contribution in [0.25, 0.3) is 0 Å². The molecule has 0 rings (SSSR count). The minimum absolute atomic E-state index is 0. The number of unbranched alkanes of at least 4 members (excludes halogenated alkanes) is 4. The monoisotopic (exact) mass is 401 g/mol. The van der Waals surface area contributed by atoms with Crippen LogP contribution in [0.4, 0.5) is 0 Å². The summed E-state index contributed by atoms with van der Waals surface area (Å²) in [5.74, 6) is -2.15. The van der Waals surface area contributed by atoms with E-state index in [-0.39, 0.29) is 28.6 Å². The molecule has 0 fully saturated rings. The van der Waals surface area contributed by atoms with E-state index in [1.807, 2.05) is 13.8 Å². The van der Waals surface area contributed by atoms with Crippen LogP contribution in [0.1, 0.15) is 105 Å². The van der Waals surface area contributed by atoms with Crippen molar-refractivity contribution in [1.82, 2.24) is 0 Å². The van der Waals surface area contributed by atoms with Crippen LogP contribution in [-0.4, -0.2) is 11.9 Å². The summed E-state index contributed by atoms with van der Waals surface area (Å²) < 4.78 is 0. The van der Waals surface area contributed by atoms with Gasteiger partial charge in [0.1, 0.15) is 0 Å². The van der Waals surface area contributed by atoms with Gasteiger partial charge in [-0.1, -0.05) is 79.1 Å². The molecule has 0 aliphatic carbocycles. The van der Waals surface area contributed by atoms with Crippen molar-refractivity contribution in [2.45, 2.75) is 105 Å². The molecule has 5 heteroatoms. The fourth-order valence-electron chi connectivity index (χ4n) is 2.74. The number of hydrogen-bond donors (Lipinski definition) is 0. The number of carbonyl (C=O) groups is 2. The molecular weight excluding hydrogens is 363 g/mol. The molecule has 0 aromatic carbocycles. The van der Waals surface area contributed by atoms with Gasteiger partial charge >= 0.3 is 16.8 Å². The molecule has 0 heterocycles. The Balaban J connectivity index is -0.000000372. The van der Waals surface area contributed by atoms with E-state index in [1.54, 1.807) is 0 Å². The maximum absolute atomic E-state index is 10.6. The Morgan fingerprint density at radius 1 is 0.600 bits per heavy atom. The van der Waals surface area contributed by atoms with E-state index in [1.165, 1.54) is 0 Å². The van der Waals surface area contributed by atoms with E-state index < -0.39 is 11.9 Å². The minimum Gasteiger partial charge on any atom is -0.550 e. The van der Waals surface area contributed by atoms with Crippen LogP contribution in [0.5, 0.6) is 0 Å². The molecule has 2 unspecified atom stereocenters. The molecule has 0 N–H and O–H groups in total. The SMILES string of the molecule is CCCCCC(CCC)C(=O)[O-].CCCCCC(CCC)C(=O)[O-].[Co+2]. The second kappa shape index (κ2) is 21.5. The number of rotatable bonds is 14. The topological polar surface area (TPSA) is 80.3 Å². The fraction of sp³-hybridized carbons (Fsp3) is 0.900. The number of carbonyl (C=O) groups excluding carboxylic acids is 2. The summed E-state index contributed by atoms with van der Waals surface area (Å²) in [7, 11) is 0. The number of aliphatic carboxylic acids is 2. The van der Waals surface area contributed by atoms with E-state index in [9.17, 15) is 19.8 Å². The summed E-state index contributed by atoms with van der Waals surface area (Å²) in [4.78, 5) is 21.1. The maximum Gasteiger partial charge on any atom is 2.00 e. The average Bonchev–Trinajstić information content (AvgIpc) is 2.54. The molecular formula is C20H38CoO4. The summed E-state index contributed by atoms with van der Waals surface area (Å²) in [6.45, 7) is 8.26. The van der Waals surface area contributed by atoms with Gasteiger partial charge in [0.2, 0.25) is 0 Å². The normalized spacial score (nSPS) is 12.3. The molecule has 0 saturated carbocycles. The van der Waals surface area contributed by atoms with Crippen molar-refractivity contribution in [3.8, 4) is 0 Å². The second-order valence-corrected chi connectivity index (χ2v) is 6.60.